The molecule has 0 aromatic rings. The van der Waals surface area contributed by atoms with Gasteiger partial charge in [0, 0.05) is 13.5 Å². The summed E-state index contributed by atoms with van der Waals surface area (Å²) in [5.74, 6) is 0. The molecule has 5 heteroatoms. The van der Waals surface area contributed by atoms with Gasteiger partial charge in [-0.1, -0.05) is 85.2 Å². The summed E-state index contributed by atoms with van der Waals surface area (Å²) >= 11 is 0. The average Bonchev–Trinajstić information content (AvgIpc) is 2.65. The summed E-state index contributed by atoms with van der Waals surface area (Å²) in [7, 11) is -4.88. The number of hydrogen-bond acceptors (Lipinski definition) is 2. The fraction of sp³-hybridized carbons (Fsp3) is 0.846. The first-order chi connectivity index (χ1) is 13.6. The van der Waals surface area contributed by atoms with Gasteiger partial charge in [0.2, 0.25) is 8.32 Å². The molecule has 0 aromatic heterocycles. The summed E-state index contributed by atoms with van der Waals surface area (Å²) in [5.41, 5.74) is 4.70. The zero-order valence-electron chi connectivity index (χ0n) is 23.0. The van der Waals surface area contributed by atoms with E-state index in [1.807, 2.05) is 0 Å². The van der Waals surface area contributed by atoms with Crippen LogP contribution in [0, 0.1) is 10.8 Å². The van der Waals surface area contributed by atoms with Gasteiger partial charge in [0.1, 0.15) is 0 Å². The molecule has 2 aliphatic carbocycles. The number of rotatable bonds is 5. The second-order valence-corrected chi connectivity index (χ2v) is 30.3. The highest BCUT2D eigenvalue weighted by atomic mass is 28.4. The quantitative estimate of drug-likeness (QED) is 0.316. The summed E-state index contributed by atoms with van der Waals surface area (Å²) in [5, 5.41) is 12.6. The minimum absolute atomic E-state index is 0.0229. The highest BCUT2D eigenvalue weighted by Crippen LogP contribution is 2.69. The number of fused-ring (bicyclic) bond motifs is 1. The Morgan fingerprint density at radius 2 is 1.55 bits per heavy atom. The van der Waals surface area contributed by atoms with Crippen LogP contribution in [0.15, 0.2) is 23.1 Å². The monoisotopic (exact) mass is 480 g/mol. The molecule has 2 nitrogen and oxygen atoms in total. The Labute approximate surface area is 197 Å². The van der Waals surface area contributed by atoms with E-state index in [1.54, 1.807) is 0 Å². The summed E-state index contributed by atoms with van der Waals surface area (Å²) < 4.78 is 6.74. The molecule has 0 aliphatic heterocycles. The van der Waals surface area contributed by atoms with Crippen LogP contribution in [-0.2, 0) is 4.43 Å². The largest absolute Gasteiger partial charge is 0.549 e. The van der Waals surface area contributed by atoms with Gasteiger partial charge in [-0.15, -0.1) is 0 Å². The zero-order chi connectivity index (χ0) is 24.3. The average molecular weight is 481 g/mol. The van der Waals surface area contributed by atoms with Gasteiger partial charge >= 0.3 is 0 Å². The second-order valence-electron chi connectivity index (χ2n) is 15.0. The SMILES string of the molecule is CC1(C)C[C@]2(O)CCC/C(=C\O[Si](C)(C)C(C)(C)C)[C@]2(C[Si](C)(C)C)/C1=C/[Si](C)(C)C. The van der Waals surface area contributed by atoms with E-state index in [0.717, 1.165) is 31.7 Å². The fourth-order valence-corrected chi connectivity index (χ4v) is 10.5. The van der Waals surface area contributed by atoms with Gasteiger partial charge in [-0.25, -0.2) is 0 Å². The Hall–Kier alpha value is -0.109. The van der Waals surface area contributed by atoms with Crippen molar-refractivity contribution in [3.05, 3.63) is 23.1 Å². The maximum Gasteiger partial charge on any atom is 0.249 e. The van der Waals surface area contributed by atoms with E-state index in [0.29, 0.717) is 0 Å². The number of hydrogen-bond donors (Lipinski definition) is 1. The highest BCUT2D eigenvalue weighted by molar-refractivity contribution is 6.81. The van der Waals surface area contributed by atoms with Crippen molar-refractivity contribution in [3.63, 3.8) is 0 Å². The van der Waals surface area contributed by atoms with E-state index in [9.17, 15) is 5.11 Å². The predicted octanol–water partition coefficient (Wildman–Crippen LogP) is 8.37. The molecule has 0 bridgehead atoms. The molecule has 0 unspecified atom stereocenters. The third-order valence-electron chi connectivity index (χ3n) is 7.98. The molecule has 2 saturated carbocycles. The van der Waals surface area contributed by atoms with Gasteiger partial charge in [-0.2, -0.15) is 0 Å². The third-order valence-corrected chi connectivity index (χ3v) is 15.0. The molecule has 0 aromatic carbocycles. The lowest BCUT2D eigenvalue weighted by atomic mass is 9.61. The summed E-state index contributed by atoms with van der Waals surface area (Å²) in [6.45, 7) is 31.1. The van der Waals surface area contributed by atoms with Crippen molar-refractivity contribution in [3.8, 4) is 0 Å². The molecular weight excluding hydrogens is 429 g/mol. The maximum atomic E-state index is 12.4. The first-order valence-corrected chi connectivity index (χ1v) is 22.6. The van der Waals surface area contributed by atoms with Gasteiger partial charge in [-0.05, 0) is 60.8 Å². The Balaban J connectivity index is 2.79. The van der Waals surface area contributed by atoms with Crippen LogP contribution >= 0.6 is 0 Å². The van der Waals surface area contributed by atoms with Crippen molar-refractivity contribution in [2.75, 3.05) is 0 Å². The predicted molar refractivity (Wildman–Crippen MR) is 146 cm³/mol. The van der Waals surface area contributed by atoms with Crippen molar-refractivity contribution in [2.24, 2.45) is 10.8 Å². The van der Waals surface area contributed by atoms with E-state index < -0.39 is 30.1 Å². The molecule has 0 heterocycles. The van der Waals surface area contributed by atoms with Crippen molar-refractivity contribution in [2.45, 2.75) is 129 Å². The Kier molecular flexibility index (Phi) is 6.99. The zero-order valence-corrected chi connectivity index (χ0v) is 26.0. The summed E-state index contributed by atoms with van der Waals surface area (Å²) in [4.78, 5) is 0. The molecule has 2 rings (SSSR count). The van der Waals surface area contributed by atoms with Gasteiger partial charge in [0.05, 0.1) is 19.9 Å². The van der Waals surface area contributed by atoms with Crippen LogP contribution in [0.5, 0.6) is 0 Å². The Morgan fingerprint density at radius 1 is 1.00 bits per heavy atom. The van der Waals surface area contributed by atoms with Crippen molar-refractivity contribution >= 4 is 24.5 Å². The van der Waals surface area contributed by atoms with Crippen LogP contribution in [0.25, 0.3) is 0 Å². The van der Waals surface area contributed by atoms with E-state index >= 15 is 0 Å². The second kappa shape index (κ2) is 7.99. The van der Waals surface area contributed by atoms with Crippen molar-refractivity contribution < 1.29 is 9.53 Å². The van der Waals surface area contributed by atoms with Crippen LogP contribution in [0.4, 0.5) is 0 Å². The molecule has 0 radical (unpaired) electrons. The minimum atomic E-state index is -1.91. The minimum Gasteiger partial charge on any atom is -0.549 e. The van der Waals surface area contributed by atoms with Crippen LogP contribution in [0.1, 0.15) is 60.3 Å². The summed E-state index contributed by atoms with van der Waals surface area (Å²) in [6.07, 6.45) is 6.08. The fourth-order valence-electron chi connectivity index (χ4n) is 5.84. The van der Waals surface area contributed by atoms with E-state index in [4.69, 9.17) is 4.43 Å². The van der Waals surface area contributed by atoms with Crippen LogP contribution in [0.2, 0.25) is 63.5 Å². The number of aliphatic hydroxyl groups is 1. The molecule has 180 valence electrons. The summed E-state index contributed by atoms with van der Waals surface area (Å²) in [6, 6.07) is 1.11. The lowest BCUT2D eigenvalue weighted by molar-refractivity contribution is -0.0498. The molecule has 0 amide bonds. The Bertz CT molecular complexity index is 744. The maximum absolute atomic E-state index is 12.4. The first kappa shape index (κ1) is 27.1. The van der Waals surface area contributed by atoms with Gasteiger partial charge < -0.3 is 9.53 Å². The van der Waals surface area contributed by atoms with E-state index in [-0.39, 0.29) is 15.9 Å². The molecule has 2 atom stereocenters. The standard InChI is InChI=1S/C26H52O2Si3/c1-23(2,3)31(12,13)28-17-21-15-14-16-25(27)19-24(4,5)22(18-29(6,7)8)26(21,25)20-30(9,10)11/h17-18,27H,14-16,19-20H2,1-13H3/b21-17+,22-18+/t25-,26-/m1/s1. The molecular formula is C26H52O2Si3. The lowest BCUT2D eigenvalue weighted by Crippen LogP contribution is -2.52. The Morgan fingerprint density at radius 3 is 2.00 bits per heavy atom. The third kappa shape index (κ3) is 5.36. The van der Waals surface area contributed by atoms with Crippen molar-refractivity contribution in [1.82, 2.24) is 0 Å². The molecule has 2 fully saturated rings. The van der Waals surface area contributed by atoms with Gasteiger partial charge in [0.25, 0.3) is 0 Å². The molecule has 31 heavy (non-hydrogen) atoms. The van der Waals surface area contributed by atoms with Gasteiger partial charge in [0.15, 0.2) is 0 Å². The van der Waals surface area contributed by atoms with Crippen molar-refractivity contribution in [1.29, 1.82) is 0 Å². The molecule has 2 aliphatic rings. The lowest BCUT2D eigenvalue weighted by Gasteiger charge is -2.52. The normalized spacial score (nSPS) is 32.5. The van der Waals surface area contributed by atoms with E-state index in [1.165, 1.54) is 11.1 Å². The smallest absolute Gasteiger partial charge is 0.249 e. The first-order valence-electron chi connectivity index (χ1n) is 12.4. The molecule has 1 N–H and O–H groups in total. The highest BCUT2D eigenvalue weighted by Gasteiger charge is 2.66. The topological polar surface area (TPSA) is 29.5 Å². The van der Waals surface area contributed by atoms with Crippen LogP contribution < -0.4 is 0 Å². The molecule has 0 saturated heterocycles. The van der Waals surface area contributed by atoms with Gasteiger partial charge in [-0.3, -0.25) is 0 Å². The molecule has 0 spiro atoms. The van der Waals surface area contributed by atoms with Crippen LogP contribution in [-0.4, -0.2) is 35.2 Å². The van der Waals surface area contributed by atoms with E-state index in [2.05, 4.69) is 99.0 Å². The van der Waals surface area contributed by atoms with Crippen LogP contribution in [0.3, 0.4) is 0 Å².